The lowest BCUT2D eigenvalue weighted by Gasteiger charge is -2.24. The molecular weight excluding hydrogens is 591 g/mol. The van der Waals surface area contributed by atoms with Crippen molar-refractivity contribution in [2.24, 2.45) is 0 Å². The third kappa shape index (κ3) is 17.0. The monoisotopic (exact) mass is 649 g/mol. The summed E-state index contributed by atoms with van der Waals surface area (Å²) in [6, 6.07) is 34.6. The normalized spacial score (nSPS) is 10.8. The SMILES string of the molecule is C=C.C=C/C=C\C=C/CC.C=Cc1ccc(N(C/C=C\C(=C/C)c2ccc(C)cc2)c2cccc(C)c2)cc1.CCCc1cccc(C)c1. The van der Waals surface area contributed by atoms with Crippen molar-refractivity contribution in [2.45, 2.75) is 60.8 Å². The first kappa shape index (κ1) is 41.9. The van der Waals surface area contributed by atoms with Crippen molar-refractivity contribution in [2.75, 3.05) is 11.4 Å². The Kier molecular flexibility index (Phi) is 22.1. The van der Waals surface area contributed by atoms with Gasteiger partial charge in [0.05, 0.1) is 0 Å². The van der Waals surface area contributed by atoms with Crippen LogP contribution >= 0.6 is 0 Å². The van der Waals surface area contributed by atoms with Gasteiger partial charge in [0, 0.05) is 17.9 Å². The van der Waals surface area contributed by atoms with Crippen molar-refractivity contribution in [3.63, 3.8) is 0 Å². The van der Waals surface area contributed by atoms with Crippen LogP contribution in [0.5, 0.6) is 0 Å². The van der Waals surface area contributed by atoms with E-state index in [0.29, 0.717) is 0 Å². The van der Waals surface area contributed by atoms with Gasteiger partial charge in [-0.3, -0.25) is 0 Å². The molecule has 0 bridgehead atoms. The predicted molar refractivity (Wildman–Crippen MR) is 224 cm³/mol. The summed E-state index contributed by atoms with van der Waals surface area (Å²) in [6.45, 7) is 27.0. The minimum absolute atomic E-state index is 0.792. The number of hydrogen-bond donors (Lipinski definition) is 0. The van der Waals surface area contributed by atoms with E-state index in [1.165, 1.54) is 57.6 Å². The Hall–Kier alpha value is -5.14. The number of benzene rings is 4. The van der Waals surface area contributed by atoms with E-state index in [1.807, 2.05) is 24.3 Å². The first-order valence-corrected chi connectivity index (χ1v) is 17.3. The molecule has 0 spiro atoms. The molecule has 49 heavy (non-hydrogen) atoms. The van der Waals surface area contributed by atoms with E-state index >= 15 is 0 Å². The van der Waals surface area contributed by atoms with E-state index in [-0.39, 0.29) is 0 Å². The summed E-state index contributed by atoms with van der Waals surface area (Å²) in [7, 11) is 0. The Morgan fingerprint density at radius 3 is 1.88 bits per heavy atom. The zero-order valence-corrected chi connectivity index (χ0v) is 31.0. The molecule has 0 unspecified atom stereocenters. The van der Waals surface area contributed by atoms with Crippen LogP contribution in [-0.2, 0) is 6.42 Å². The molecule has 256 valence electrons. The maximum atomic E-state index is 3.86. The van der Waals surface area contributed by atoms with Crippen molar-refractivity contribution in [3.8, 4) is 0 Å². The Morgan fingerprint density at radius 2 is 1.33 bits per heavy atom. The van der Waals surface area contributed by atoms with Gasteiger partial charge in [0.25, 0.3) is 0 Å². The minimum Gasteiger partial charge on any atom is -0.338 e. The van der Waals surface area contributed by atoms with Gasteiger partial charge in [-0.2, -0.15) is 0 Å². The number of aryl methyl sites for hydroxylation is 4. The van der Waals surface area contributed by atoms with Crippen LogP contribution in [0.3, 0.4) is 0 Å². The highest BCUT2D eigenvalue weighted by Crippen LogP contribution is 2.27. The second kappa shape index (κ2) is 25.9. The van der Waals surface area contributed by atoms with Crippen LogP contribution in [0.15, 0.2) is 172 Å². The highest BCUT2D eigenvalue weighted by Gasteiger charge is 2.08. The molecular formula is C48H59N. The van der Waals surface area contributed by atoms with E-state index in [2.05, 4.69) is 194 Å². The van der Waals surface area contributed by atoms with E-state index in [9.17, 15) is 0 Å². The first-order valence-electron chi connectivity index (χ1n) is 17.3. The quantitative estimate of drug-likeness (QED) is 0.109. The van der Waals surface area contributed by atoms with Gasteiger partial charge in [-0.15, -0.1) is 13.2 Å². The lowest BCUT2D eigenvalue weighted by Crippen LogP contribution is -2.17. The van der Waals surface area contributed by atoms with Gasteiger partial charge in [0.15, 0.2) is 0 Å². The van der Waals surface area contributed by atoms with E-state index in [1.54, 1.807) is 6.08 Å². The van der Waals surface area contributed by atoms with Crippen molar-refractivity contribution < 1.29 is 0 Å². The maximum absolute atomic E-state index is 3.86. The molecule has 0 saturated carbocycles. The molecule has 0 atom stereocenters. The number of hydrogen-bond acceptors (Lipinski definition) is 1. The molecule has 1 heteroatoms. The lowest BCUT2D eigenvalue weighted by molar-refractivity contribution is 0.920. The average molecular weight is 650 g/mol. The molecule has 0 aliphatic carbocycles. The van der Waals surface area contributed by atoms with Gasteiger partial charge in [0.1, 0.15) is 0 Å². The molecule has 0 N–H and O–H groups in total. The maximum Gasteiger partial charge on any atom is 0.0416 e. The highest BCUT2D eigenvalue weighted by molar-refractivity contribution is 5.74. The molecule has 0 fully saturated rings. The van der Waals surface area contributed by atoms with Crippen molar-refractivity contribution >= 4 is 23.0 Å². The zero-order chi connectivity index (χ0) is 36.3. The summed E-state index contributed by atoms with van der Waals surface area (Å²) in [5.74, 6) is 0. The van der Waals surface area contributed by atoms with E-state index in [4.69, 9.17) is 0 Å². The third-order valence-corrected chi connectivity index (χ3v) is 7.39. The highest BCUT2D eigenvalue weighted by atomic mass is 15.1. The molecule has 0 aromatic heterocycles. The Morgan fingerprint density at radius 1 is 0.673 bits per heavy atom. The first-order chi connectivity index (χ1) is 23.8. The fourth-order valence-corrected chi connectivity index (χ4v) is 4.85. The second-order valence-corrected chi connectivity index (χ2v) is 11.5. The molecule has 0 aliphatic rings. The summed E-state index contributed by atoms with van der Waals surface area (Å²) in [4.78, 5) is 2.33. The number of allylic oxidation sites excluding steroid dienone is 8. The van der Waals surface area contributed by atoms with Crippen molar-refractivity contribution in [1.82, 2.24) is 0 Å². The van der Waals surface area contributed by atoms with Gasteiger partial charge < -0.3 is 4.90 Å². The van der Waals surface area contributed by atoms with Crippen LogP contribution in [0, 0.1) is 20.8 Å². The van der Waals surface area contributed by atoms with Crippen LogP contribution in [0.1, 0.15) is 67.0 Å². The molecule has 4 rings (SSSR count). The number of nitrogens with zero attached hydrogens (tertiary/aromatic N) is 1. The minimum atomic E-state index is 0.792. The Bertz CT molecular complexity index is 1610. The van der Waals surface area contributed by atoms with Crippen molar-refractivity contribution in [1.29, 1.82) is 0 Å². The lowest BCUT2D eigenvalue weighted by atomic mass is 10.0. The number of anilines is 2. The zero-order valence-electron chi connectivity index (χ0n) is 31.0. The molecule has 4 aromatic carbocycles. The van der Waals surface area contributed by atoms with Gasteiger partial charge >= 0.3 is 0 Å². The molecule has 0 aliphatic heterocycles. The third-order valence-electron chi connectivity index (χ3n) is 7.39. The van der Waals surface area contributed by atoms with Crippen LogP contribution in [-0.4, -0.2) is 6.54 Å². The van der Waals surface area contributed by atoms with Crippen LogP contribution < -0.4 is 4.90 Å². The van der Waals surface area contributed by atoms with Gasteiger partial charge in [0.2, 0.25) is 0 Å². The Labute approximate surface area is 299 Å². The van der Waals surface area contributed by atoms with Crippen LogP contribution in [0.4, 0.5) is 11.4 Å². The summed E-state index contributed by atoms with van der Waals surface area (Å²) >= 11 is 0. The van der Waals surface area contributed by atoms with E-state index in [0.717, 1.165) is 18.5 Å². The summed E-state index contributed by atoms with van der Waals surface area (Å²) in [6.07, 6.45) is 21.8. The van der Waals surface area contributed by atoms with Gasteiger partial charge in [-0.05, 0) is 92.6 Å². The fraction of sp³-hybridized carbons (Fsp3) is 0.208. The molecule has 0 amide bonds. The van der Waals surface area contributed by atoms with E-state index < -0.39 is 0 Å². The van der Waals surface area contributed by atoms with Crippen LogP contribution in [0.2, 0.25) is 0 Å². The second-order valence-electron chi connectivity index (χ2n) is 11.5. The summed E-state index contributed by atoms with van der Waals surface area (Å²) < 4.78 is 0. The summed E-state index contributed by atoms with van der Waals surface area (Å²) in [5.41, 5.74) is 11.3. The molecule has 1 nitrogen and oxygen atoms in total. The Balaban J connectivity index is 0.000000490. The van der Waals surface area contributed by atoms with Gasteiger partial charge in [-0.25, -0.2) is 0 Å². The van der Waals surface area contributed by atoms with Crippen LogP contribution in [0.25, 0.3) is 11.6 Å². The molecule has 4 aromatic rings. The topological polar surface area (TPSA) is 3.24 Å². The smallest absolute Gasteiger partial charge is 0.0416 e. The number of rotatable bonds is 12. The molecule has 0 saturated heterocycles. The predicted octanol–water partition coefficient (Wildman–Crippen LogP) is 14.2. The van der Waals surface area contributed by atoms with Gasteiger partial charge in [-0.1, -0.05) is 172 Å². The fourth-order valence-electron chi connectivity index (χ4n) is 4.85. The molecule has 0 heterocycles. The standard InChI is InChI=1S/C28H29N.C10H14.C8H12.C2H4/c1-5-24-14-18-27(19-15-24)29(28-11-7-9-23(4)21-28)20-8-10-25(6-2)26-16-12-22(3)13-17-26;1-3-5-10-7-4-6-9(2)8-10;1-3-5-7-8-6-4-2;1-2/h5-19,21H,1,20H2,2-4H3;4,6-8H,3,5H2,1-2H3;3,5-8H,1,4H2,2H3;1-2H2/b10-8-,25-6+;;7-5-,8-6-;. The van der Waals surface area contributed by atoms with Crippen molar-refractivity contribution in [3.05, 3.63) is 205 Å². The molecule has 0 radical (unpaired) electrons. The largest absolute Gasteiger partial charge is 0.338 e. The summed E-state index contributed by atoms with van der Waals surface area (Å²) in [5, 5.41) is 0. The average Bonchev–Trinajstić information content (AvgIpc) is 3.12.